The van der Waals surface area contributed by atoms with Crippen LogP contribution in [0, 0.1) is 13.8 Å². The van der Waals surface area contributed by atoms with Gasteiger partial charge in [-0.05, 0) is 26.3 Å². The van der Waals surface area contributed by atoms with Gasteiger partial charge in [-0.2, -0.15) is 5.10 Å². The van der Waals surface area contributed by atoms with Crippen LogP contribution in [0.4, 0.5) is 0 Å². The largest absolute Gasteiger partial charge is 0.339 e. The summed E-state index contributed by atoms with van der Waals surface area (Å²) in [6.45, 7) is 10.4. The van der Waals surface area contributed by atoms with Crippen LogP contribution in [0.25, 0.3) is 0 Å². The van der Waals surface area contributed by atoms with E-state index in [4.69, 9.17) is 0 Å². The van der Waals surface area contributed by atoms with E-state index in [-0.39, 0.29) is 30.7 Å². The van der Waals surface area contributed by atoms with Crippen molar-refractivity contribution in [3.63, 3.8) is 0 Å². The molecule has 2 fully saturated rings. The molecule has 3 heterocycles. The molecule has 132 valence electrons. The van der Waals surface area contributed by atoms with Crippen molar-refractivity contribution in [1.82, 2.24) is 24.9 Å². The lowest BCUT2D eigenvalue weighted by Crippen LogP contribution is -2.49. The molecule has 0 radical (unpaired) electrons. The Balaban J connectivity index is 0.00000132. The minimum absolute atomic E-state index is 0. The number of hydrogen-bond donors (Lipinski definition) is 1. The van der Waals surface area contributed by atoms with Crippen LogP contribution in [0.2, 0.25) is 0 Å². The number of carbonyl (C=O) groups is 1. The minimum Gasteiger partial charge on any atom is -0.339 e. The van der Waals surface area contributed by atoms with Crippen LogP contribution in [-0.2, 0) is 11.3 Å². The maximum Gasteiger partial charge on any atom is 0.244 e. The van der Waals surface area contributed by atoms with Crippen LogP contribution < -0.4 is 5.32 Å². The number of aromatic nitrogens is 2. The van der Waals surface area contributed by atoms with Gasteiger partial charge in [0.15, 0.2) is 0 Å². The molecule has 6 nitrogen and oxygen atoms in total. The highest BCUT2D eigenvalue weighted by atomic mass is 35.5. The molecule has 0 saturated carbocycles. The Morgan fingerprint density at radius 3 is 2.57 bits per heavy atom. The number of amides is 1. The van der Waals surface area contributed by atoms with Gasteiger partial charge in [-0.3, -0.25) is 14.4 Å². The normalized spacial score (nSPS) is 21.7. The maximum atomic E-state index is 12.4. The number of nitrogens with one attached hydrogen (secondary N) is 1. The number of hydrogen-bond acceptors (Lipinski definition) is 4. The molecule has 8 heteroatoms. The van der Waals surface area contributed by atoms with Crippen LogP contribution >= 0.6 is 24.8 Å². The average molecular weight is 364 g/mol. The molecule has 0 spiro atoms. The summed E-state index contributed by atoms with van der Waals surface area (Å²) >= 11 is 0. The Labute approximate surface area is 150 Å². The monoisotopic (exact) mass is 363 g/mol. The lowest BCUT2D eigenvalue weighted by atomic mass is 10.2. The fourth-order valence-electron chi connectivity index (χ4n) is 3.38. The quantitative estimate of drug-likeness (QED) is 0.864. The molecule has 1 aromatic rings. The number of piperazine rings is 1. The van der Waals surface area contributed by atoms with Crippen LogP contribution in [-0.4, -0.2) is 70.8 Å². The highest BCUT2D eigenvalue weighted by Gasteiger charge is 2.31. The topological polar surface area (TPSA) is 53.4 Å². The van der Waals surface area contributed by atoms with Gasteiger partial charge in [-0.15, -0.1) is 24.8 Å². The smallest absolute Gasteiger partial charge is 0.244 e. The van der Waals surface area contributed by atoms with Gasteiger partial charge in [0.1, 0.15) is 6.54 Å². The molecule has 1 amide bonds. The molecular formula is C15H27Cl2N5O. The summed E-state index contributed by atoms with van der Waals surface area (Å²) in [5.74, 6) is 0.193. The molecule has 1 atom stereocenters. The summed E-state index contributed by atoms with van der Waals surface area (Å²) in [5, 5.41) is 7.76. The van der Waals surface area contributed by atoms with E-state index in [1.807, 2.05) is 29.5 Å². The lowest BCUT2D eigenvalue weighted by molar-refractivity contribution is -0.131. The first kappa shape index (κ1) is 20.2. The number of likely N-dealkylation sites (tertiary alicyclic amines) is 1. The zero-order valence-corrected chi connectivity index (χ0v) is 15.5. The third-order valence-corrected chi connectivity index (χ3v) is 4.57. The first-order valence-corrected chi connectivity index (χ1v) is 7.87. The van der Waals surface area contributed by atoms with Gasteiger partial charge in [0, 0.05) is 51.0 Å². The van der Waals surface area contributed by atoms with Gasteiger partial charge >= 0.3 is 0 Å². The fourth-order valence-corrected chi connectivity index (χ4v) is 3.38. The number of nitrogens with zero attached hydrogens (tertiary/aromatic N) is 4. The lowest BCUT2D eigenvalue weighted by Gasteiger charge is -2.32. The van der Waals surface area contributed by atoms with E-state index < -0.39 is 0 Å². The SMILES string of the molecule is Cc1cc(C)n(CC(=O)N2CCC(N3CCNCC3)C2)n1.Cl.Cl. The van der Waals surface area contributed by atoms with Gasteiger partial charge in [0.25, 0.3) is 0 Å². The molecule has 0 bridgehead atoms. The van der Waals surface area contributed by atoms with Crippen molar-refractivity contribution < 1.29 is 4.79 Å². The molecule has 0 aliphatic carbocycles. The Morgan fingerprint density at radius 2 is 1.96 bits per heavy atom. The molecule has 3 rings (SSSR count). The molecule has 1 N–H and O–H groups in total. The Hall–Kier alpha value is -0.820. The van der Waals surface area contributed by atoms with Gasteiger partial charge in [0.05, 0.1) is 5.69 Å². The Bertz CT molecular complexity index is 516. The average Bonchev–Trinajstić information content (AvgIpc) is 3.07. The summed E-state index contributed by atoms with van der Waals surface area (Å²) in [5.41, 5.74) is 2.03. The standard InChI is InChI=1S/C15H25N5O.2ClH/c1-12-9-13(2)20(17-12)11-15(21)19-6-3-14(10-19)18-7-4-16-5-8-18;;/h9,14,16H,3-8,10-11H2,1-2H3;2*1H. The number of rotatable bonds is 3. The van der Waals surface area contributed by atoms with E-state index in [1.165, 1.54) is 0 Å². The molecule has 1 aromatic heterocycles. The van der Waals surface area contributed by atoms with Crippen LogP contribution in [0.3, 0.4) is 0 Å². The third-order valence-electron chi connectivity index (χ3n) is 4.57. The van der Waals surface area contributed by atoms with Crippen LogP contribution in [0.5, 0.6) is 0 Å². The van der Waals surface area contributed by atoms with E-state index in [0.717, 1.165) is 57.1 Å². The summed E-state index contributed by atoms with van der Waals surface area (Å²) < 4.78 is 1.82. The summed E-state index contributed by atoms with van der Waals surface area (Å²) in [6.07, 6.45) is 1.10. The van der Waals surface area contributed by atoms with Crippen molar-refractivity contribution in [1.29, 1.82) is 0 Å². The molecule has 1 unspecified atom stereocenters. The molecule has 0 aromatic carbocycles. The third kappa shape index (κ3) is 4.83. The summed E-state index contributed by atoms with van der Waals surface area (Å²) in [4.78, 5) is 17.0. The van der Waals surface area contributed by atoms with Crippen molar-refractivity contribution >= 4 is 30.7 Å². The van der Waals surface area contributed by atoms with Crippen molar-refractivity contribution in [3.8, 4) is 0 Å². The molecule has 2 saturated heterocycles. The van der Waals surface area contributed by atoms with Crippen molar-refractivity contribution in [2.24, 2.45) is 0 Å². The highest BCUT2D eigenvalue weighted by molar-refractivity contribution is 5.85. The maximum absolute atomic E-state index is 12.4. The predicted octanol–water partition coefficient (Wildman–Crippen LogP) is 0.850. The predicted molar refractivity (Wildman–Crippen MR) is 95.6 cm³/mol. The number of carbonyl (C=O) groups excluding carboxylic acids is 1. The van der Waals surface area contributed by atoms with E-state index in [2.05, 4.69) is 15.3 Å². The van der Waals surface area contributed by atoms with Gasteiger partial charge in [-0.1, -0.05) is 0 Å². The van der Waals surface area contributed by atoms with Gasteiger partial charge in [0.2, 0.25) is 5.91 Å². The second kappa shape index (κ2) is 8.87. The number of halogens is 2. The molecule has 23 heavy (non-hydrogen) atoms. The van der Waals surface area contributed by atoms with Crippen LogP contribution in [0.1, 0.15) is 17.8 Å². The first-order chi connectivity index (χ1) is 10.1. The summed E-state index contributed by atoms with van der Waals surface area (Å²) in [6, 6.07) is 2.55. The van der Waals surface area contributed by atoms with E-state index in [9.17, 15) is 4.79 Å². The first-order valence-electron chi connectivity index (χ1n) is 7.87. The summed E-state index contributed by atoms with van der Waals surface area (Å²) in [7, 11) is 0. The highest BCUT2D eigenvalue weighted by Crippen LogP contribution is 2.17. The zero-order chi connectivity index (χ0) is 14.8. The molecular weight excluding hydrogens is 337 g/mol. The zero-order valence-electron chi connectivity index (χ0n) is 13.8. The minimum atomic E-state index is 0. The van der Waals surface area contributed by atoms with E-state index in [0.29, 0.717) is 12.6 Å². The fraction of sp³-hybridized carbons (Fsp3) is 0.733. The van der Waals surface area contributed by atoms with Gasteiger partial charge < -0.3 is 10.2 Å². The van der Waals surface area contributed by atoms with Crippen molar-refractivity contribution in [2.75, 3.05) is 39.3 Å². The van der Waals surface area contributed by atoms with Crippen LogP contribution in [0.15, 0.2) is 6.07 Å². The van der Waals surface area contributed by atoms with E-state index in [1.54, 1.807) is 0 Å². The van der Waals surface area contributed by atoms with Gasteiger partial charge in [-0.25, -0.2) is 0 Å². The Kier molecular flexibility index (Phi) is 7.80. The molecule has 2 aliphatic heterocycles. The Morgan fingerprint density at radius 1 is 1.26 bits per heavy atom. The second-order valence-corrected chi connectivity index (χ2v) is 6.15. The van der Waals surface area contributed by atoms with E-state index >= 15 is 0 Å². The number of aryl methyl sites for hydroxylation is 2. The van der Waals surface area contributed by atoms with Crippen molar-refractivity contribution in [2.45, 2.75) is 32.9 Å². The van der Waals surface area contributed by atoms with Crippen molar-refractivity contribution in [3.05, 3.63) is 17.5 Å². The second-order valence-electron chi connectivity index (χ2n) is 6.15. The molecule has 2 aliphatic rings.